The molecule has 2 aliphatic heterocycles. The fourth-order valence-corrected chi connectivity index (χ4v) is 3.02. The Morgan fingerprint density at radius 1 is 1.33 bits per heavy atom. The van der Waals surface area contributed by atoms with Gasteiger partial charge in [0.1, 0.15) is 0 Å². The van der Waals surface area contributed by atoms with Crippen LogP contribution < -0.4 is 5.73 Å². The highest BCUT2D eigenvalue weighted by atomic mass is 16.5. The number of carbonyl (C=O) groups excluding carboxylic acids is 1. The Balaban J connectivity index is 1.86. The van der Waals surface area contributed by atoms with E-state index in [-0.39, 0.29) is 17.8 Å². The second-order valence-corrected chi connectivity index (χ2v) is 5.51. The number of amides is 1. The fourth-order valence-electron chi connectivity index (χ4n) is 3.02. The maximum absolute atomic E-state index is 12.7. The molecule has 0 radical (unpaired) electrons. The summed E-state index contributed by atoms with van der Waals surface area (Å²) >= 11 is 0. The van der Waals surface area contributed by atoms with Gasteiger partial charge in [-0.2, -0.15) is 0 Å². The summed E-state index contributed by atoms with van der Waals surface area (Å²) in [5, 5.41) is 12.0. The van der Waals surface area contributed by atoms with E-state index in [1.54, 1.807) is 4.90 Å². The van der Waals surface area contributed by atoms with Gasteiger partial charge in [-0.15, -0.1) is 0 Å². The van der Waals surface area contributed by atoms with E-state index in [0.717, 1.165) is 30.4 Å². The second-order valence-electron chi connectivity index (χ2n) is 5.51. The van der Waals surface area contributed by atoms with Crippen LogP contribution in [-0.4, -0.2) is 34.4 Å². The van der Waals surface area contributed by atoms with Gasteiger partial charge in [-0.3, -0.25) is 4.79 Å². The lowest BCUT2D eigenvalue weighted by Gasteiger charge is -2.34. The highest BCUT2D eigenvalue weighted by Gasteiger charge is 2.30. The van der Waals surface area contributed by atoms with E-state index in [4.69, 9.17) is 15.7 Å². The molecule has 1 amide bonds. The molecule has 112 valence electrons. The molecule has 2 aliphatic rings. The lowest BCUT2D eigenvalue weighted by Crippen LogP contribution is -2.50. The summed E-state index contributed by atoms with van der Waals surface area (Å²) in [4.78, 5) is 14.4. The zero-order chi connectivity index (χ0) is 14.8. The standard InChI is InChI=1S/C15H19N3O3/c16-14(17-20)13-3-1-2-6-18(13)15(19)10-4-5-11-8-21-9-12(11)7-10/h4-5,7,13,20H,1-3,6,8-9H2,(H2,16,17). The predicted molar refractivity (Wildman–Crippen MR) is 77.0 cm³/mol. The number of carbonyl (C=O) groups is 1. The first-order valence-corrected chi connectivity index (χ1v) is 7.18. The average molecular weight is 289 g/mol. The van der Waals surface area contributed by atoms with Crippen molar-refractivity contribution in [2.24, 2.45) is 10.9 Å². The van der Waals surface area contributed by atoms with E-state index in [1.165, 1.54) is 0 Å². The van der Waals surface area contributed by atoms with E-state index in [1.807, 2.05) is 18.2 Å². The minimum absolute atomic E-state index is 0.0685. The third-order valence-electron chi connectivity index (χ3n) is 4.19. The van der Waals surface area contributed by atoms with Crippen molar-refractivity contribution in [2.45, 2.75) is 38.5 Å². The smallest absolute Gasteiger partial charge is 0.254 e. The summed E-state index contributed by atoms with van der Waals surface area (Å²) in [6.45, 7) is 1.80. The van der Waals surface area contributed by atoms with Crippen LogP contribution in [-0.2, 0) is 18.0 Å². The molecule has 1 fully saturated rings. The van der Waals surface area contributed by atoms with Crippen LogP contribution >= 0.6 is 0 Å². The second kappa shape index (κ2) is 5.73. The molecule has 1 atom stereocenters. The average Bonchev–Trinajstić information content (AvgIpc) is 3.01. The molecule has 6 heteroatoms. The molecule has 1 aromatic rings. The van der Waals surface area contributed by atoms with Gasteiger partial charge in [-0.1, -0.05) is 11.2 Å². The lowest BCUT2D eigenvalue weighted by molar-refractivity contribution is 0.0676. The van der Waals surface area contributed by atoms with Crippen LogP contribution in [0.2, 0.25) is 0 Å². The summed E-state index contributed by atoms with van der Waals surface area (Å²) in [6.07, 6.45) is 2.65. The first-order valence-electron chi connectivity index (χ1n) is 7.18. The number of benzene rings is 1. The highest BCUT2D eigenvalue weighted by molar-refractivity contribution is 5.98. The van der Waals surface area contributed by atoms with E-state index in [9.17, 15) is 4.79 Å². The fraction of sp³-hybridized carbons (Fsp3) is 0.467. The number of hydrogen-bond acceptors (Lipinski definition) is 4. The van der Waals surface area contributed by atoms with Gasteiger partial charge < -0.3 is 20.6 Å². The van der Waals surface area contributed by atoms with Crippen LogP contribution in [0.1, 0.15) is 40.7 Å². The number of hydrogen-bond donors (Lipinski definition) is 2. The van der Waals surface area contributed by atoms with Crippen molar-refractivity contribution in [3.8, 4) is 0 Å². The first kappa shape index (κ1) is 13.9. The van der Waals surface area contributed by atoms with Gasteiger partial charge in [0.25, 0.3) is 5.91 Å². The Hall–Kier alpha value is -2.08. The first-order chi connectivity index (χ1) is 10.2. The van der Waals surface area contributed by atoms with Crippen LogP contribution in [0.25, 0.3) is 0 Å². The molecular formula is C15H19N3O3. The van der Waals surface area contributed by atoms with Gasteiger partial charge in [-0.25, -0.2) is 0 Å². The zero-order valence-corrected chi connectivity index (χ0v) is 11.8. The van der Waals surface area contributed by atoms with Crippen LogP contribution in [0, 0.1) is 0 Å². The molecule has 0 aliphatic carbocycles. The molecule has 0 saturated carbocycles. The van der Waals surface area contributed by atoms with E-state index in [0.29, 0.717) is 25.3 Å². The normalized spacial score (nSPS) is 22.2. The number of piperidine rings is 1. The molecule has 21 heavy (non-hydrogen) atoms. The number of fused-ring (bicyclic) bond motifs is 1. The lowest BCUT2D eigenvalue weighted by atomic mass is 9.99. The van der Waals surface area contributed by atoms with Gasteiger partial charge >= 0.3 is 0 Å². The highest BCUT2D eigenvalue weighted by Crippen LogP contribution is 2.24. The Morgan fingerprint density at radius 3 is 2.95 bits per heavy atom. The number of likely N-dealkylation sites (tertiary alicyclic amines) is 1. The molecular weight excluding hydrogens is 270 g/mol. The number of rotatable bonds is 2. The van der Waals surface area contributed by atoms with E-state index in [2.05, 4.69) is 5.16 Å². The molecule has 1 saturated heterocycles. The number of oxime groups is 1. The third kappa shape index (κ3) is 2.58. The van der Waals surface area contributed by atoms with Crippen molar-refractivity contribution in [1.82, 2.24) is 4.90 Å². The van der Waals surface area contributed by atoms with E-state index >= 15 is 0 Å². The quantitative estimate of drug-likeness (QED) is 0.373. The van der Waals surface area contributed by atoms with Gasteiger partial charge in [0.2, 0.25) is 0 Å². The van der Waals surface area contributed by atoms with Gasteiger partial charge in [0.05, 0.1) is 19.3 Å². The maximum Gasteiger partial charge on any atom is 0.254 e. The van der Waals surface area contributed by atoms with Crippen LogP contribution in [0.4, 0.5) is 0 Å². The van der Waals surface area contributed by atoms with Gasteiger partial charge in [0.15, 0.2) is 5.84 Å². The minimum atomic E-state index is -0.319. The zero-order valence-electron chi connectivity index (χ0n) is 11.8. The molecule has 2 heterocycles. The Labute approximate surface area is 123 Å². The monoisotopic (exact) mass is 289 g/mol. The van der Waals surface area contributed by atoms with Crippen molar-refractivity contribution < 1.29 is 14.7 Å². The molecule has 0 spiro atoms. The van der Waals surface area contributed by atoms with Crippen molar-refractivity contribution >= 4 is 11.7 Å². The summed E-state index contributed by atoms with van der Waals surface area (Å²) in [6, 6.07) is 5.34. The molecule has 3 rings (SSSR count). The topological polar surface area (TPSA) is 88.2 Å². The molecule has 1 aromatic carbocycles. The molecule has 0 bridgehead atoms. The summed E-state index contributed by atoms with van der Waals surface area (Å²) < 4.78 is 5.37. The minimum Gasteiger partial charge on any atom is -0.409 e. The Kier molecular flexibility index (Phi) is 3.79. The Morgan fingerprint density at radius 2 is 2.14 bits per heavy atom. The number of ether oxygens (including phenoxy) is 1. The maximum atomic E-state index is 12.7. The number of nitrogens with two attached hydrogens (primary N) is 1. The summed E-state index contributed by atoms with van der Waals surface area (Å²) in [5.41, 5.74) is 8.57. The molecule has 3 N–H and O–H groups in total. The summed E-state index contributed by atoms with van der Waals surface area (Å²) in [5.74, 6) is 0.0357. The van der Waals surface area contributed by atoms with Crippen molar-refractivity contribution in [3.63, 3.8) is 0 Å². The summed E-state index contributed by atoms with van der Waals surface area (Å²) in [7, 11) is 0. The third-order valence-corrected chi connectivity index (χ3v) is 4.19. The molecule has 6 nitrogen and oxygen atoms in total. The molecule has 1 unspecified atom stereocenters. The van der Waals surface area contributed by atoms with Crippen LogP contribution in [0.3, 0.4) is 0 Å². The van der Waals surface area contributed by atoms with Crippen LogP contribution in [0.15, 0.2) is 23.4 Å². The largest absolute Gasteiger partial charge is 0.409 e. The van der Waals surface area contributed by atoms with Crippen molar-refractivity contribution in [2.75, 3.05) is 6.54 Å². The SMILES string of the molecule is NC(=NO)C1CCCCN1C(=O)c1ccc2c(c1)COC2. The number of nitrogens with zero attached hydrogens (tertiary/aromatic N) is 2. The Bertz CT molecular complexity index is 586. The van der Waals surface area contributed by atoms with Gasteiger partial charge in [-0.05, 0) is 42.5 Å². The molecule has 0 aromatic heterocycles. The number of amidine groups is 1. The predicted octanol–water partition coefficient (Wildman–Crippen LogP) is 1.46. The van der Waals surface area contributed by atoms with Crippen LogP contribution in [0.5, 0.6) is 0 Å². The van der Waals surface area contributed by atoms with Crippen molar-refractivity contribution in [3.05, 3.63) is 34.9 Å². The van der Waals surface area contributed by atoms with E-state index < -0.39 is 0 Å². The van der Waals surface area contributed by atoms with Gasteiger partial charge in [0, 0.05) is 12.1 Å². The van der Waals surface area contributed by atoms with Crippen molar-refractivity contribution in [1.29, 1.82) is 0 Å².